The van der Waals surface area contributed by atoms with Gasteiger partial charge in [-0.2, -0.15) is 8.78 Å². The number of carbonyl (C=O) groups is 2. The van der Waals surface area contributed by atoms with E-state index in [0.29, 0.717) is 12.2 Å². The second-order valence-electron chi connectivity index (χ2n) is 5.74. The first-order chi connectivity index (χ1) is 13.9. The van der Waals surface area contributed by atoms with Crippen LogP contribution in [-0.4, -0.2) is 45.9 Å². The Morgan fingerprint density at radius 1 is 1.03 bits per heavy atom. The highest BCUT2D eigenvalue weighted by Gasteiger charge is 2.18. The number of alkyl halides is 2. The van der Waals surface area contributed by atoms with E-state index in [1.54, 1.807) is 24.3 Å². The number of esters is 1. The summed E-state index contributed by atoms with van der Waals surface area (Å²) in [7, 11) is 2.84. The predicted molar refractivity (Wildman–Crippen MR) is 99.6 cm³/mol. The van der Waals surface area contributed by atoms with Gasteiger partial charge in [-0.15, -0.1) is 0 Å². The zero-order valence-corrected chi connectivity index (χ0v) is 15.9. The largest absolute Gasteiger partial charge is 0.493 e. The summed E-state index contributed by atoms with van der Waals surface area (Å²) < 4.78 is 43.8. The van der Waals surface area contributed by atoms with Crippen LogP contribution >= 0.6 is 0 Å². The average Bonchev–Trinajstić information content (AvgIpc) is 2.72. The molecule has 0 spiro atoms. The van der Waals surface area contributed by atoms with Crippen LogP contribution in [0.3, 0.4) is 0 Å². The Morgan fingerprint density at radius 2 is 1.76 bits per heavy atom. The minimum atomic E-state index is -2.88. The lowest BCUT2D eigenvalue weighted by atomic mass is 10.1. The Kier molecular flexibility index (Phi) is 8.20. The van der Waals surface area contributed by atoms with Crippen molar-refractivity contribution in [2.45, 2.75) is 13.0 Å². The van der Waals surface area contributed by atoms with Crippen molar-refractivity contribution in [1.29, 1.82) is 0 Å². The molecular weight excluding hydrogens is 388 g/mol. The summed E-state index contributed by atoms with van der Waals surface area (Å²) in [6.45, 7) is -3.05. The zero-order valence-electron chi connectivity index (χ0n) is 15.9. The molecule has 0 atom stereocenters. The van der Waals surface area contributed by atoms with Crippen molar-refractivity contribution in [3.8, 4) is 17.2 Å². The monoisotopic (exact) mass is 409 g/mol. The van der Waals surface area contributed by atoms with Crippen LogP contribution in [0.2, 0.25) is 0 Å². The van der Waals surface area contributed by atoms with Crippen LogP contribution in [0.5, 0.6) is 17.2 Å². The van der Waals surface area contributed by atoms with Gasteiger partial charge in [-0.1, -0.05) is 18.2 Å². The molecule has 1 amide bonds. The first-order valence-corrected chi connectivity index (χ1v) is 8.63. The predicted octanol–water partition coefficient (Wildman–Crippen LogP) is 2.82. The fraction of sp³-hybridized carbons (Fsp3) is 0.300. The number of methoxy groups -OCH3 is 2. The van der Waals surface area contributed by atoms with Crippen molar-refractivity contribution >= 4 is 11.9 Å². The summed E-state index contributed by atoms with van der Waals surface area (Å²) in [6, 6.07) is 10.8. The highest BCUT2D eigenvalue weighted by molar-refractivity contribution is 5.94. The first-order valence-electron chi connectivity index (χ1n) is 8.63. The molecule has 1 N–H and O–H groups in total. The first kappa shape index (κ1) is 21.9. The van der Waals surface area contributed by atoms with Gasteiger partial charge in [0.05, 0.1) is 14.2 Å². The van der Waals surface area contributed by atoms with Crippen LogP contribution in [0.15, 0.2) is 42.5 Å². The van der Waals surface area contributed by atoms with Gasteiger partial charge < -0.3 is 24.3 Å². The minimum Gasteiger partial charge on any atom is -0.493 e. The van der Waals surface area contributed by atoms with Gasteiger partial charge in [0, 0.05) is 6.54 Å². The van der Waals surface area contributed by atoms with Crippen LogP contribution in [0.1, 0.15) is 15.9 Å². The summed E-state index contributed by atoms with van der Waals surface area (Å²) in [6.07, 6.45) is 0.471. The zero-order chi connectivity index (χ0) is 21.2. The topological polar surface area (TPSA) is 83.1 Å². The molecule has 0 saturated carbocycles. The fourth-order valence-electron chi connectivity index (χ4n) is 2.49. The number of nitrogens with one attached hydrogen (secondary N) is 1. The quantitative estimate of drug-likeness (QED) is 0.608. The van der Waals surface area contributed by atoms with Gasteiger partial charge in [-0.3, -0.25) is 4.79 Å². The molecule has 0 fully saturated rings. The van der Waals surface area contributed by atoms with Crippen LogP contribution in [-0.2, 0) is 16.0 Å². The van der Waals surface area contributed by atoms with E-state index in [1.807, 2.05) is 0 Å². The minimum absolute atomic E-state index is 0.0627. The van der Waals surface area contributed by atoms with E-state index in [9.17, 15) is 18.4 Å². The molecular formula is C20H21F2NO6. The molecule has 29 heavy (non-hydrogen) atoms. The lowest BCUT2D eigenvalue weighted by molar-refractivity contribution is -0.124. The Morgan fingerprint density at radius 3 is 2.38 bits per heavy atom. The van der Waals surface area contributed by atoms with Crippen molar-refractivity contribution in [3.63, 3.8) is 0 Å². The number of halogens is 2. The van der Waals surface area contributed by atoms with Gasteiger partial charge in [-0.05, 0) is 36.2 Å². The Hall–Kier alpha value is -3.36. The van der Waals surface area contributed by atoms with E-state index in [-0.39, 0.29) is 23.6 Å². The van der Waals surface area contributed by atoms with E-state index in [2.05, 4.69) is 10.1 Å². The van der Waals surface area contributed by atoms with Crippen molar-refractivity contribution < 1.29 is 37.3 Å². The molecule has 0 heterocycles. The lowest BCUT2D eigenvalue weighted by Gasteiger charge is -2.12. The van der Waals surface area contributed by atoms with Gasteiger partial charge in [-0.25, -0.2) is 4.79 Å². The van der Waals surface area contributed by atoms with Crippen LogP contribution < -0.4 is 19.5 Å². The number of carbonyl (C=O) groups excluding carboxylic acids is 2. The molecule has 2 aromatic rings. The molecule has 7 nitrogen and oxygen atoms in total. The van der Waals surface area contributed by atoms with Crippen LogP contribution in [0.4, 0.5) is 8.78 Å². The molecule has 0 radical (unpaired) electrons. The van der Waals surface area contributed by atoms with E-state index < -0.39 is 25.1 Å². The maximum absolute atomic E-state index is 12.2. The third-order valence-electron chi connectivity index (χ3n) is 3.84. The molecule has 156 valence electrons. The summed E-state index contributed by atoms with van der Waals surface area (Å²) in [5.74, 6) is -0.535. The maximum Gasteiger partial charge on any atom is 0.387 e. The van der Waals surface area contributed by atoms with Crippen LogP contribution in [0, 0.1) is 0 Å². The average molecular weight is 409 g/mol. The van der Waals surface area contributed by atoms with Crippen molar-refractivity contribution in [2.75, 3.05) is 27.4 Å². The molecule has 0 unspecified atom stereocenters. The number of hydrogen-bond donors (Lipinski definition) is 1. The van der Waals surface area contributed by atoms with Gasteiger partial charge in [0.1, 0.15) is 11.3 Å². The third kappa shape index (κ3) is 6.63. The molecule has 9 heteroatoms. The van der Waals surface area contributed by atoms with E-state index in [4.69, 9.17) is 14.2 Å². The van der Waals surface area contributed by atoms with Crippen molar-refractivity contribution in [2.24, 2.45) is 0 Å². The van der Waals surface area contributed by atoms with E-state index in [0.717, 1.165) is 5.56 Å². The second-order valence-corrected chi connectivity index (χ2v) is 5.74. The number of ether oxygens (including phenoxy) is 4. The van der Waals surface area contributed by atoms with Gasteiger partial charge >= 0.3 is 12.6 Å². The fourth-order valence-corrected chi connectivity index (χ4v) is 2.49. The lowest BCUT2D eigenvalue weighted by Crippen LogP contribution is -2.30. The Labute approximate surface area is 166 Å². The summed E-state index contributed by atoms with van der Waals surface area (Å²) >= 11 is 0. The third-order valence-corrected chi connectivity index (χ3v) is 3.84. The molecule has 0 aliphatic heterocycles. The molecule has 2 rings (SSSR count). The smallest absolute Gasteiger partial charge is 0.387 e. The molecule has 0 saturated heterocycles. The normalized spacial score (nSPS) is 10.4. The second kappa shape index (κ2) is 10.8. The Bertz CT molecular complexity index is 826. The van der Waals surface area contributed by atoms with Gasteiger partial charge in [0.25, 0.3) is 5.91 Å². The number of para-hydroxylation sites is 1. The number of amides is 1. The standard InChI is InChI=1S/C20H21F2NO6/c1-26-16-5-3-4-15(18(16)27-2)19(25)28-12-17(24)23-11-10-13-6-8-14(9-7-13)29-20(21)22/h3-9,20H,10-12H2,1-2H3,(H,23,24). The number of hydrogen-bond acceptors (Lipinski definition) is 6. The maximum atomic E-state index is 12.2. The van der Waals surface area contributed by atoms with Gasteiger partial charge in [0.15, 0.2) is 18.1 Å². The number of benzene rings is 2. The van der Waals surface area contributed by atoms with E-state index >= 15 is 0 Å². The van der Waals surface area contributed by atoms with Crippen molar-refractivity contribution in [1.82, 2.24) is 5.32 Å². The number of rotatable bonds is 10. The summed E-state index contributed by atoms with van der Waals surface area (Å²) in [5, 5.41) is 2.61. The summed E-state index contributed by atoms with van der Waals surface area (Å²) in [5.41, 5.74) is 0.968. The molecule has 0 aliphatic carbocycles. The summed E-state index contributed by atoms with van der Waals surface area (Å²) in [4.78, 5) is 24.1. The van der Waals surface area contributed by atoms with E-state index in [1.165, 1.54) is 32.4 Å². The highest BCUT2D eigenvalue weighted by atomic mass is 19.3. The van der Waals surface area contributed by atoms with Gasteiger partial charge in [0.2, 0.25) is 0 Å². The Balaban J connectivity index is 1.78. The highest BCUT2D eigenvalue weighted by Crippen LogP contribution is 2.31. The van der Waals surface area contributed by atoms with Crippen LogP contribution in [0.25, 0.3) is 0 Å². The molecule has 2 aromatic carbocycles. The SMILES string of the molecule is COc1cccc(C(=O)OCC(=O)NCCc2ccc(OC(F)F)cc2)c1OC. The molecule has 0 aliphatic rings. The molecule has 0 bridgehead atoms. The molecule has 0 aromatic heterocycles. The van der Waals surface area contributed by atoms with Crippen molar-refractivity contribution in [3.05, 3.63) is 53.6 Å².